The molecule has 0 aliphatic heterocycles. The Bertz CT molecular complexity index is 1500. The highest BCUT2D eigenvalue weighted by Crippen LogP contribution is 2.33. The lowest BCUT2D eigenvalue weighted by molar-refractivity contribution is -0.351. The maximum absolute atomic E-state index is 13.5. The van der Waals surface area contributed by atoms with Crippen LogP contribution >= 0.6 is 0 Å². The molecule has 8 heteroatoms. The van der Waals surface area contributed by atoms with Crippen molar-refractivity contribution in [1.29, 1.82) is 0 Å². The Labute approximate surface area is 190 Å². The summed E-state index contributed by atoms with van der Waals surface area (Å²) in [6, 6.07) is 17.3. The molecule has 0 spiro atoms. The van der Waals surface area contributed by atoms with E-state index in [0.717, 1.165) is 39.3 Å². The fourth-order valence-electron chi connectivity index (χ4n) is 4.23. The number of benzene rings is 1. The third-order valence-corrected chi connectivity index (χ3v) is 5.76. The predicted octanol–water partition coefficient (Wildman–Crippen LogP) is 3.24. The molecule has 5 aromatic rings. The van der Waals surface area contributed by atoms with Crippen LogP contribution in [0.4, 0.5) is 5.95 Å². The molecule has 0 fully saturated rings. The maximum Gasteiger partial charge on any atom is 0.412 e. The van der Waals surface area contributed by atoms with Crippen molar-refractivity contribution in [3.63, 3.8) is 0 Å². The molecule has 164 valence electrons. The van der Waals surface area contributed by atoms with Gasteiger partial charge in [0.15, 0.2) is 0 Å². The van der Waals surface area contributed by atoms with Gasteiger partial charge in [-0.15, -0.1) is 9.50 Å². The molecule has 8 nitrogen and oxygen atoms in total. The Hall–Kier alpha value is -4.33. The summed E-state index contributed by atoms with van der Waals surface area (Å²) < 4.78 is 2.90. The summed E-state index contributed by atoms with van der Waals surface area (Å²) >= 11 is 0. The van der Waals surface area contributed by atoms with Gasteiger partial charge in [-0.2, -0.15) is 4.68 Å². The van der Waals surface area contributed by atoms with Crippen molar-refractivity contribution in [1.82, 2.24) is 24.1 Å². The first kappa shape index (κ1) is 20.6. The van der Waals surface area contributed by atoms with Crippen LogP contribution in [0.15, 0.2) is 71.8 Å². The van der Waals surface area contributed by atoms with Crippen molar-refractivity contribution in [3.8, 4) is 22.4 Å². The van der Waals surface area contributed by atoms with Crippen LogP contribution in [-0.2, 0) is 0 Å². The third kappa shape index (κ3) is 3.55. The maximum atomic E-state index is 13.5. The molecule has 0 bridgehead atoms. The molecule has 0 aliphatic rings. The quantitative estimate of drug-likeness (QED) is 0.464. The Kier molecular flexibility index (Phi) is 4.97. The zero-order valence-electron chi connectivity index (χ0n) is 18.6. The van der Waals surface area contributed by atoms with Crippen LogP contribution in [0.1, 0.15) is 29.9 Å². The summed E-state index contributed by atoms with van der Waals surface area (Å²) in [5.41, 5.74) is 12.7. The van der Waals surface area contributed by atoms with Gasteiger partial charge in [-0.3, -0.25) is 15.7 Å². The minimum Gasteiger partial charge on any atom is -0.290 e. The zero-order valence-corrected chi connectivity index (χ0v) is 18.6. The monoisotopic (exact) mass is 438 g/mol. The van der Waals surface area contributed by atoms with Gasteiger partial charge in [0, 0.05) is 29.3 Å². The third-order valence-electron chi connectivity index (χ3n) is 5.76. The lowest BCUT2D eigenvalue weighted by Crippen LogP contribution is -2.29. The van der Waals surface area contributed by atoms with Gasteiger partial charge in [0.05, 0.1) is 11.6 Å². The molecule has 4 aromatic heterocycles. The molecule has 0 aliphatic carbocycles. The molecule has 5 rings (SSSR count). The lowest BCUT2D eigenvalue weighted by Gasteiger charge is -2.10. The summed E-state index contributed by atoms with van der Waals surface area (Å²) in [5, 5.41) is 4.80. The van der Waals surface area contributed by atoms with E-state index in [-0.39, 0.29) is 17.7 Å². The van der Waals surface area contributed by atoms with E-state index in [4.69, 9.17) is 10.8 Å². The molecular weight excluding hydrogens is 414 g/mol. The van der Waals surface area contributed by atoms with Crippen molar-refractivity contribution in [3.05, 3.63) is 94.4 Å². The second kappa shape index (κ2) is 7.98. The summed E-state index contributed by atoms with van der Waals surface area (Å²) in [6.45, 7) is 5.84. The fourth-order valence-corrected chi connectivity index (χ4v) is 4.23. The number of fused-ring (bicyclic) bond motifs is 1. The number of aromatic amines is 1. The number of anilines is 1. The molecule has 4 heterocycles. The van der Waals surface area contributed by atoms with Gasteiger partial charge in [0.2, 0.25) is 5.65 Å². The number of pyridine rings is 2. The standard InChI is InChI=1S/C25H23N7O/c1-15-13-20(14-16(2)28-15)21-22(19-7-5-4-6-8-19)29-24(26)31-23(21)30-32(25(31)33)17(3)18-9-11-27-12-10-18/h4-14,17H,1-3H3,(H2,26,29)/p+1/t17-/m1/s1. The SMILES string of the molecule is Cc1cc(-c2c(-c3ccccc3)[nH+]c(N)n3c(=O)n([C@H](C)c4ccncc4)nc23)cc(C)n1. The molecule has 0 unspecified atom stereocenters. The molecule has 1 aromatic carbocycles. The van der Waals surface area contributed by atoms with E-state index >= 15 is 0 Å². The van der Waals surface area contributed by atoms with E-state index in [0.29, 0.717) is 5.65 Å². The highest BCUT2D eigenvalue weighted by Gasteiger charge is 2.27. The minimum atomic E-state index is -0.313. The topological polar surface area (TPSA) is 105 Å². The van der Waals surface area contributed by atoms with Crippen molar-refractivity contribution in [2.45, 2.75) is 26.8 Å². The highest BCUT2D eigenvalue weighted by molar-refractivity contribution is 5.88. The van der Waals surface area contributed by atoms with Gasteiger partial charge in [0.25, 0.3) is 0 Å². The summed E-state index contributed by atoms with van der Waals surface area (Å²) in [4.78, 5) is 25.3. The molecule has 1 atom stereocenters. The average Bonchev–Trinajstić information content (AvgIpc) is 3.16. The van der Waals surface area contributed by atoms with Crippen LogP contribution < -0.4 is 16.4 Å². The average molecular weight is 439 g/mol. The van der Waals surface area contributed by atoms with Crippen LogP contribution in [0, 0.1) is 13.8 Å². The van der Waals surface area contributed by atoms with Crippen molar-refractivity contribution >= 4 is 11.6 Å². The van der Waals surface area contributed by atoms with Crippen LogP contribution in [0.3, 0.4) is 0 Å². The lowest BCUT2D eigenvalue weighted by atomic mass is 9.99. The van der Waals surface area contributed by atoms with E-state index in [1.807, 2.05) is 75.4 Å². The zero-order chi connectivity index (χ0) is 23.1. The molecule has 0 saturated carbocycles. The van der Waals surface area contributed by atoms with Gasteiger partial charge < -0.3 is 0 Å². The first-order valence-corrected chi connectivity index (χ1v) is 10.7. The van der Waals surface area contributed by atoms with Crippen LogP contribution in [-0.4, -0.2) is 24.1 Å². The Morgan fingerprint density at radius 3 is 2.30 bits per heavy atom. The normalized spacial score (nSPS) is 12.2. The molecule has 0 radical (unpaired) electrons. The second-order valence-electron chi connectivity index (χ2n) is 8.11. The van der Waals surface area contributed by atoms with Crippen LogP contribution in [0.5, 0.6) is 0 Å². The van der Waals surface area contributed by atoms with Crippen LogP contribution in [0.2, 0.25) is 0 Å². The first-order valence-electron chi connectivity index (χ1n) is 10.7. The first-order chi connectivity index (χ1) is 15.9. The number of nitrogens with two attached hydrogens (primary N) is 1. The van der Waals surface area contributed by atoms with Gasteiger partial charge >= 0.3 is 11.6 Å². The van der Waals surface area contributed by atoms with Gasteiger partial charge in [-0.1, -0.05) is 30.3 Å². The number of aryl methyl sites for hydroxylation is 2. The number of rotatable bonds is 4. The molecule has 0 amide bonds. The van der Waals surface area contributed by atoms with E-state index in [1.165, 1.54) is 9.08 Å². The Morgan fingerprint density at radius 1 is 0.970 bits per heavy atom. The minimum absolute atomic E-state index is 0.216. The smallest absolute Gasteiger partial charge is 0.290 e. The number of nitrogens with zero attached hydrogens (tertiary/aromatic N) is 5. The molecule has 0 saturated heterocycles. The predicted molar refractivity (Wildman–Crippen MR) is 127 cm³/mol. The number of H-pyrrole nitrogens is 1. The molecular formula is C25H24N7O+. The highest BCUT2D eigenvalue weighted by atomic mass is 16.2. The van der Waals surface area contributed by atoms with Gasteiger partial charge in [-0.05, 0) is 56.2 Å². The van der Waals surface area contributed by atoms with E-state index in [9.17, 15) is 4.79 Å². The second-order valence-corrected chi connectivity index (χ2v) is 8.11. The van der Waals surface area contributed by atoms with Gasteiger partial charge in [-0.25, -0.2) is 9.78 Å². The Morgan fingerprint density at radius 2 is 1.64 bits per heavy atom. The fraction of sp³-hybridized carbons (Fsp3) is 0.160. The van der Waals surface area contributed by atoms with E-state index < -0.39 is 0 Å². The number of aromatic nitrogens is 6. The van der Waals surface area contributed by atoms with Crippen molar-refractivity contribution in [2.24, 2.45) is 0 Å². The number of hydrogen-bond acceptors (Lipinski definition) is 5. The van der Waals surface area contributed by atoms with Gasteiger partial charge in [0.1, 0.15) is 5.69 Å². The van der Waals surface area contributed by atoms with E-state index in [2.05, 4.69) is 15.0 Å². The van der Waals surface area contributed by atoms with Crippen LogP contribution in [0.25, 0.3) is 28.0 Å². The Balaban J connectivity index is 1.86. The number of nitrogen functional groups attached to an aromatic ring is 1. The van der Waals surface area contributed by atoms with E-state index in [1.54, 1.807) is 12.4 Å². The summed E-state index contributed by atoms with van der Waals surface area (Å²) in [7, 11) is 0. The number of nitrogens with one attached hydrogen (secondary N) is 1. The van der Waals surface area contributed by atoms with Crippen molar-refractivity contribution < 1.29 is 4.98 Å². The molecule has 3 N–H and O–H groups in total. The molecule has 33 heavy (non-hydrogen) atoms. The number of hydrogen-bond donors (Lipinski definition) is 1. The van der Waals surface area contributed by atoms with Crippen molar-refractivity contribution in [2.75, 3.05) is 5.73 Å². The summed E-state index contributed by atoms with van der Waals surface area (Å²) in [5.74, 6) is 0.216. The summed E-state index contributed by atoms with van der Waals surface area (Å²) in [6.07, 6.45) is 3.41. The largest absolute Gasteiger partial charge is 0.412 e.